The lowest BCUT2D eigenvalue weighted by atomic mass is 10.2. The van der Waals surface area contributed by atoms with Gasteiger partial charge in [-0.05, 0) is 45.8 Å². The zero-order chi connectivity index (χ0) is 14.8. The molecule has 0 radical (unpaired) electrons. The Bertz CT molecular complexity index is 679. The van der Waals surface area contributed by atoms with Crippen molar-refractivity contribution in [3.8, 4) is 11.5 Å². The quantitative estimate of drug-likeness (QED) is 0.789. The maximum Gasteiger partial charge on any atom is 0.175 e. The average molecular weight is 389 g/mol. The second-order valence-electron chi connectivity index (χ2n) is 4.56. The fourth-order valence-corrected chi connectivity index (χ4v) is 3.08. The van der Waals surface area contributed by atoms with Gasteiger partial charge in [-0.2, -0.15) is 0 Å². The lowest BCUT2D eigenvalue weighted by molar-refractivity contribution is 0.170. The third-order valence-electron chi connectivity index (χ3n) is 3.09. The Balaban J connectivity index is 1.79. The zero-order valence-corrected chi connectivity index (χ0v) is 14.1. The number of hydrogen-bond donors (Lipinski definition) is 1. The van der Waals surface area contributed by atoms with E-state index in [0.29, 0.717) is 29.8 Å². The average Bonchev–Trinajstić information content (AvgIpc) is 2.49. The van der Waals surface area contributed by atoms with Crippen LogP contribution in [0.5, 0.6) is 11.5 Å². The number of fused-ring (bicyclic) bond motifs is 1. The Morgan fingerprint density at radius 2 is 1.95 bits per heavy atom. The van der Waals surface area contributed by atoms with E-state index in [0.717, 1.165) is 27.2 Å². The topological polar surface area (TPSA) is 30.5 Å². The van der Waals surface area contributed by atoms with Gasteiger partial charge in [-0.15, -0.1) is 0 Å². The van der Waals surface area contributed by atoms with E-state index in [1.807, 2.05) is 24.3 Å². The highest BCUT2D eigenvalue weighted by Gasteiger charge is 2.16. The minimum Gasteiger partial charge on any atom is -0.486 e. The molecule has 0 fully saturated rings. The van der Waals surface area contributed by atoms with Crippen molar-refractivity contribution >= 4 is 44.8 Å². The van der Waals surface area contributed by atoms with Crippen LogP contribution in [0.25, 0.3) is 0 Å². The first-order chi connectivity index (χ1) is 10.1. The Labute approximate surface area is 141 Å². The number of nitrogens with one attached hydrogen (secondary N) is 1. The molecule has 21 heavy (non-hydrogen) atoms. The standard InChI is InChI=1S/C15H12BrCl2NO2/c16-10-6-9(7-13-15(10)21-5-4-20-13)8-19-12-3-1-2-11(17)14(12)18/h1-3,6-7,19H,4-5,8H2. The highest BCUT2D eigenvalue weighted by molar-refractivity contribution is 9.10. The first-order valence-electron chi connectivity index (χ1n) is 6.41. The number of rotatable bonds is 3. The molecule has 0 bridgehead atoms. The zero-order valence-electron chi connectivity index (χ0n) is 11.0. The summed E-state index contributed by atoms with van der Waals surface area (Å²) in [5.41, 5.74) is 1.86. The summed E-state index contributed by atoms with van der Waals surface area (Å²) in [6, 6.07) is 9.47. The van der Waals surface area contributed by atoms with Crippen LogP contribution in [0.1, 0.15) is 5.56 Å². The van der Waals surface area contributed by atoms with E-state index in [-0.39, 0.29) is 0 Å². The molecule has 3 rings (SSSR count). The van der Waals surface area contributed by atoms with Crippen molar-refractivity contribution in [3.63, 3.8) is 0 Å². The SMILES string of the molecule is Clc1cccc(NCc2cc(Br)c3c(c2)OCCO3)c1Cl. The number of halogens is 3. The van der Waals surface area contributed by atoms with Gasteiger partial charge in [0.1, 0.15) is 13.2 Å². The summed E-state index contributed by atoms with van der Waals surface area (Å²) in [4.78, 5) is 0. The molecule has 110 valence electrons. The lowest BCUT2D eigenvalue weighted by Crippen LogP contribution is -2.16. The Morgan fingerprint density at radius 3 is 2.81 bits per heavy atom. The van der Waals surface area contributed by atoms with E-state index in [2.05, 4.69) is 21.2 Å². The normalized spacial score (nSPS) is 13.1. The van der Waals surface area contributed by atoms with E-state index in [1.165, 1.54) is 0 Å². The summed E-state index contributed by atoms with van der Waals surface area (Å²) >= 11 is 15.7. The van der Waals surface area contributed by atoms with Gasteiger partial charge in [-0.3, -0.25) is 0 Å². The predicted molar refractivity (Wildman–Crippen MR) is 88.9 cm³/mol. The maximum atomic E-state index is 6.16. The molecule has 2 aromatic carbocycles. The molecular weight excluding hydrogens is 377 g/mol. The molecule has 0 aliphatic carbocycles. The first kappa shape index (κ1) is 14.8. The fourth-order valence-electron chi connectivity index (χ4n) is 2.10. The Morgan fingerprint density at radius 1 is 1.14 bits per heavy atom. The molecule has 0 spiro atoms. The highest BCUT2D eigenvalue weighted by Crippen LogP contribution is 2.39. The van der Waals surface area contributed by atoms with Crippen LogP contribution in [0, 0.1) is 0 Å². The second-order valence-corrected chi connectivity index (χ2v) is 6.20. The molecule has 6 heteroatoms. The molecule has 2 aromatic rings. The summed E-state index contributed by atoms with van der Waals surface area (Å²) in [7, 11) is 0. The minimum atomic E-state index is 0.524. The van der Waals surface area contributed by atoms with Gasteiger partial charge in [0, 0.05) is 6.54 Å². The molecule has 1 N–H and O–H groups in total. The van der Waals surface area contributed by atoms with Gasteiger partial charge < -0.3 is 14.8 Å². The van der Waals surface area contributed by atoms with Crippen LogP contribution < -0.4 is 14.8 Å². The third-order valence-corrected chi connectivity index (χ3v) is 4.50. The molecule has 0 saturated carbocycles. The van der Waals surface area contributed by atoms with Crippen molar-refractivity contribution in [2.24, 2.45) is 0 Å². The molecule has 3 nitrogen and oxygen atoms in total. The van der Waals surface area contributed by atoms with Crippen LogP contribution in [0.15, 0.2) is 34.8 Å². The highest BCUT2D eigenvalue weighted by atomic mass is 79.9. The van der Waals surface area contributed by atoms with Crippen molar-refractivity contribution < 1.29 is 9.47 Å². The molecule has 1 aliphatic heterocycles. The van der Waals surface area contributed by atoms with Gasteiger partial charge in [0.2, 0.25) is 0 Å². The first-order valence-corrected chi connectivity index (χ1v) is 7.96. The number of hydrogen-bond acceptors (Lipinski definition) is 3. The summed E-state index contributed by atoms with van der Waals surface area (Å²) in [5.74, 6) is 1.51. The van der Waals surface area contributed by atoms with Crippen LogP contribution in [-0.4, -0.2) is 13.2 Å². The van der Waals surface area contributed by atoms with Crippen molar-refractivity contribution in [1.29, 1.82) is 0 Å². The largest absolute Gasteiger partial charge is 0.486 e. The van der Waals surface area contributed by atoms with E-state index < -0.39 is 0 Å². The van der Waals surface area contributed by atoms with Crippen molar-refractivity contribution in [2.45, 2.75) is 6.54 Å². The molecule has 0 aromatic heterocycles. The fraction of sp³-hybridized carbons (Fsp3) is 0.200. The van der Waals surface area contributed by atoms with Crippen molar-refractivity contribution in [1.82, 2.24) is 0 Å². The van der Waals surface area contributed by atoms with Crippen LogP contribution in [0.3, 0.4) is 0 Å². The molecule has 1 heterocycles. The van der Waals surface area contributed by atoms with Gasteiger partial charge in [0.25, 0.3) is 0 Å². The molecule has 1 aliphatic rings. The summed E-state index contributed by atoms with van der Waals surface area (Å²) in [6.45, 7) is 1.74. The molecule has 0 unspecified atom stereocenters. The summed E-state index contributed by atoms with van der Waals surface area (Å²) < 4.78 is 12.1. The third kappa shape index (κ3) is 3.23. The smallest absolute Gasteiger partial charge is 0.175 e. The minimum absolute atomic E-state index is 0.524. The second kappa shape index (κ2) is 6.34. The predicted octanol–water partition coefficient (Wildman–Crippen LogP) is 5.14. The Hall–Kier alpha value is -1.10. The van der Waals surface area contributed by atoms with E-state index in [1.54, 1.807) is 6.07 Å². The lowest BCUT2D eigenvalue weighted by Gasteiger charge is -2.20. The number of anilines is 1. The van der Waals surface area contributed by atoms with Gasteiger partial charge in [-0.1, -0.05) is 29.3 Å². The number of ether oxygens (including phenoxy) is 2. The van der Waals surface area contributed by atoms with Gasteiger partial charge in [0.15, 0.2) is 11.5 Å². The van der Waals surface area contributed by atoms with E-state index in [9.17, 15) is 0 Å². The molecule has 0 atom stereocenters. The molecule has 0 amide bonds. The number of benzene rings is 2. The van der Waals surface area contributed by atoms with E-state index >= 15 is 0 Å². The molecule has 0 saturated heterocycles. The maximum absolute atomic E-state index is 6.16. The van der Waals surface area contributed by atoms with Crippen molar-refractivity contribution in [3.05, 3.63) is 50.4 Å². The van der Waals surface area contributed by atoms with Gasteiger partial charge in [-0.25, -0.2) is 0 Å². The van der Waals surface area contributed by atoms with Crippen molar-refractivity contribution in [2.75, 3.05) is 18.5 Å². The van der Waals surface area contributed by atoms with Gasteiger partial charge in [0.05, 0.1) is 20.2 Å². The summed E-state index contributed by atoms with van der Waals surface area (Å²) in [6.07, 6.45) is 0. The van der Waals surface area contributed by atoms with Crippen LogP contribution >= 0.6 is 39.1 Å². The van der Waals surface area contributed by atoms with Crippen LogP contribution in [0.2, 0.25) is 10.0 Å². The van der Waals surface area contributed by atoms with Crippen LogP contribution in [0.4, 0.5) is 5.69 Å². The summed E-state index contributed by atoms with van der Waals surface area (Å²) in [5, 5.41) is 4.33. The molecular formula is C15H12BrCl2NO2. The monoisotopic (exact) mass is 387 g/mol. The van der Waals surface area contributed by atoms with E-state index in [4.69, 9.17) is 32.7 Å². The Kier molecular flexibility index (Phi) is 4.48. The van der Waals surface area contributed by atoms with Gasteiger partial charge >= 0.3 is 0 Å². The van der Waals surface area contributed by atoms with Crippen LogP contribution in [-0.2, 0) is 6.54 Å².